The number of benzene rings is 1. The maximum atomic E-state index is 11.9. The lowest BCUT2D eigenvalue weighted by molar-refractivity contribution is 0.0945. The molecule has 1 heterocycles. The molecule has 2 rings (SSSR count). The number of aromatic amines is 1. The number of amides is 1. The molecule has 2 N–H and O–H groups in total. The summed E-state index contributed by atoms with van der Waals surface area (Å²) in [6.45, 7) is 4.90. The summed E-state index contributed by atoms with van der Waals surface area (Å²) in [5, 5.41) is 8.65. The monoisotopic (exact) mass is 287 g/mol. The number of ether oxygens (including phenoxy) is 1. The molecule has 0 aliphatic rings. The Hall–Kier alpha value is -2.63. The third kappa shape index (κ3) is 3.92. The SMILES string of the molecule is CCOc1ccc(CNC(=O)c2ccc(=O)[nH]n2)cc1C. The quantitative estimate of drug-likeness (QED) is 0.870. The summed E-state index contributed by atoms with van der Waals surface area (Å²) in [6.07, 6.45) is 0. The normalized spacial score (nSPS) is 10.2. The van der Waals surface area contributed by atoms with Crippen molar-refractivity contribution in [2.24, 2.45) is 0 Å². The van der Waals surface area contributed by atoms with Crippen LogP contribution in [0.25, 0.3) is 0 Å². The zero-order chi connectivity index (χ0) is 15.2. The van der Waals surface area contributed by atoms with E-state index in [4.69, 9.17) is 4.74 Å². The number of aryl methyl sites for hydroxylation is 1. The molecule has 0 bridgehead atoms. The predicted molar refractivity (Wildman–Crippen MR) is 78.4 cm³/mol. The second kappa shape index (κ2) is 6.69. The topological polar surface area (TPSA) is 84.1 Å². The fraction of sp³-hybridized carbons (Fsp3) is 0.267. The molecule has 1 aromatic carbocycles. The minimum Gasteiger partial charge on any atom is -0.494 e. The number of aromatic nitrogens is 2. The van der Waals surface area contributed by atoms with Crippen molar-refractivity contribution in [3.8, 4) is 5.75 Å². The molecular formula is C15H17N3O3. The molecule has 0 saturated carbocycles. The smallest absolute Gasteiger partial charge is 0.271 e. The van der Waals surface area contributed by atoms with Gasteiger partial charge in [0.25, 0.3) is 11.5 Å². The van der Waals surface area contributed by atoms with Crippen LogP contribution in [0.2, 0.25) is 0 Å². The summed E-state index contributed by atoms with van der Waals surface area (Å²) in [7, 11) is 0. The van der Waals surface area contributed by atoms with Gasteiger partial charge in [0.1, 0.15) is 11.4 Å². The number of nitrogens with one attached hydrogen (secondary N) is 2. The number of nitrogens with zero attached hydrogens (tertiary/aromatic N) is 1. The van der Waals surface area contributed by atoms with Crippen molar-refractivity contribution in [2.75, 3.05) is 6.61 Å². The van der Waals surface area contributed by atoms with Gasteiger partial charge in [-0.25, -0.2) is 5.10 Å². The van der Waals surface area contributed by atoms with Gasteiger partial charge in [0.05, 0.1) is 6.61 Å². The first-order valence-electron chi connectivity index (χ1n) is 6.66. The first-order valence-corrected chi connectivity index (χ1v) is 6.66. The Labute approximate surface area is 122 Å². The maximum absolute atomic E-state index is 11.9. The van der Waals surface area contributed by atoms with E-state index < -0.39 is 0 Å². The third-order valence-electron chi connectivity index (χ3n) is 2.90. The summed E-state index contributed by atoms with van der Waals surface area (Å²) in [5.41, 5.74) is 1.82. The van der Waals surface area contributed by atoms with Crippen molar-refractivity contribution >= 4 is 5.91 Å². The summed E-state index contributed by atoms with van der Waals surface area (Å²) >= 11 is 0. The van der Waals surface area contributed by atoms with E-state index in [0.29, 0.717) is 13.2 Å². The van der Waals surface area contributed by atoms with Crippen molar-refractivity contribution in [1.82, 2.24) is 15.5 Å². The number of H-pyrrole nitrogens is 1. The van der Waals surface area contributed by atoms with Crippen LogP contribution in [0.15, 0.2) is 35.1 Å². The lowest BCUT2D eigenvalue weighted by Crippen LogP contribution is -2.25. The first kappa shape index (κ1) is 14.8. The number of rotatable bonds is 5. The number of hydrogen-bond donors (Lipinski definition) is 2. The second-order valence-corrected chi connectivity index (χ2v) is 4.52. The molecule has 0 radical (unpaired) electrons. The van der Waals surface area contributed by atoms with Crippen LogP contribution < -0.4 is 15.6 Å². The van der Waals surface area contributed by atoms with Crippen molar-refractivity contribution in [1.29, 1.82) is 0 Å². The van der Waals surface area contributed by atoms with E-state index in [1.807, 2.05) is 32.0 Å². The van der Waals surface area contributed by atoms with Gasteiger partial charge in [-0.1, -0.05) is 12.1 Å². The minimum atomic E-state index is -0.339. The molecule has 1 aromatic heterocycles. The van der Waals surface area contributed by atoms with E-state index in [2.05, 4.69) is 15.5 Å². The number of carbonyl (C=O) groups excluding carboxylic acids is 1. The van der Waals surface area contributed by atoms with Gasteiger partial charge >= 0.3 is 0 Å². The maximum Gasteiger partial charge on any atom is 0.271 e. The molecule has 110 valence electrons. The fourth-order valence-corrected chi connectivity index (χ4v) is 1.88. The van der Waals surface area contributed by atoms with Gasteiger partial charge in [-0.05, 0) is 37.1 Å². The number of carbonyl (C=O) groups is 1. The van der Waals surface area contributed by atoms with E-state index in [0.717, 1.165) is 16.9 Å². The molecule has 0 saturated heterocycles. The van der Waals surface area contributed by atoms with Gasteiger partial charge in [0, 0.05) is 12.6 Å². The van der Waals surface area contributed by atoms with E-state index >= 15 is 0 Å². The molecule has 6 nitrogen and oxygen atoms in total. The van der Waals surface area contributed by atoms with Gasteiger partial charge < -0.3 is 10.1 Å². The third-order valence-corrected chi connectivity index (χ3v) is 2.90. The van der Waals surface area contributed by atoms with Crippen LogP contribution >= 0.6 is 0 Å². The van der Waals surface area contributed by atoms with E-state index in [1.54, 1.807) is 0 Å². The fourth-order valence-electron chi connectivity index (χ4n) is 1.88. The van der Waals surface area contributed by atoms with Crippen LogP contribution in [0.4, 0.5) is 0 Å². The lowest BCUT2D eigenvalue weighted by Gasteiger charge is -2.09. The highest BCUT2D eigenvalue weighted by Gasteiger charge is 2.07. The molecule has 0 unspecified atom stereocenters. The molecule has 2 aromatic rings. The Morgan fingerprint density at radius 2 is 2.14 bits per heavy atom. The summed E-state index contributed by atoms with van der Waals surface area (Å²) < 4.78 is 5.47. The van der Waals surface area contributed by atoms with Gasteiger partial charge in [-0.2, -0.15) is 5.10 Å². The Bertz CT molecular complexity index is 674. The predicted octanol–water partition coefficient (Wildman–Crippen LogP) is 1.41. The Morgan fingerprint density at radius 1 is 1.33 bits per heavy atom. The summed E-state index contributed by atoms with van der Waals surface area (Å²) in [6, 6.07) is 8.41. The average Bonchev–Trinajstić information content (AvgIpc) is 2.48. The van der Waals surface area contributed by atoms with Crippen LogP contribution in [0.1, 0.15) is 28.5 Å². The van der Waals surface area contributed by atoms with Gasteiger partial charge in [-0.15, -0.1) is 0 Å². The zero-order valence-corrected chi connectivity index (χ0v) is 12.0. The molecule has 0 spiro atoms. The highest BCUT2D eigenvalue weighted by Crippen LogP contribution is 2.18. The van der Waals surface area contributed by atoms with Crippen molar-refractivity contribution in [3.63, 3.8) is 0 Å². The Balaban J connectivity index is 1.99. The van der Waals surface area contributed by atoms with Gasteiger partial charge in [0.2, 0.25) is 0 Å². The molecule has 0 aliphatic heterocycles. The zero-order valence-electron chi connectivity index (χ0n) is 12.0. The van der Waals surface area contributed by atoms with Crippen molar-refractivity contribution in [2.45, 2.75) is 20.4 Å². The van der Waals surface area contributed by atoms with Crippen LogP contribution in [-0.2, 0) is 6.54 Å². The number of hydrogen-bond acceptors (Lipinski definition) is 4. The highest BCUT2D eigenvalue weighted by molar-refractivity contribution is 5.91. The van der Waals surface area contributed by atoms with Crippen LogP contribution in [0.5, 0.6) is 5.75 Å². The molecule has 0 fully saturated rings. The molecule has 1 amide bonds. The van der Waals surface area contributed by atoms with E-state index in [9.17, 15) is 9.59 Å². The van der Waals surface area contributed by atoms with Crippen LogP contribution in [0, 0.1) is 6.92 Å². The molecule has 0 aliphatic carbocycles. The van der Waals surface area contributed by atoms with Crippen molar-refractivity contribution in [3.05, 3.63) is 57.5 Å². The Morgan fingerprint density at radius 3 is 2.76 bits per heavy atom. The molecule has 21 heavy (non-hydrogen) atoms. The van der Waals surface area contributed by atoms with Crippen LogP contribution in [0.3, 0.4) is 0 Å². The van der Waals surface area contributed by atoms with Gasteiger partial charge in [0.15, 0.2) is 0 Å². The summed E-state index contributed by atoms with van der Waals surface area (Å²) in [5.74, 6) is 0.507. The largest absolute Gasteiger partial charge is 0.494 e. The van der Waals surface area contributed by atoms with E-state index in [-0.39, 0.29) is 17.2 Å². The van der Waals surface area contributed by atoms with E-state index in [1.165, 1.54) is 12.1 Å². The molecule has 6 heteroatoms. The van der Waals surface area contributed by atoms with Gasteiger partial charge in [-0.3, -0.25) is 9.59 Å². The lowest BCUT2D eigenvalue weighted by atomic mass is 10.1. The molecule has 0 atom stereocenters. The van der Waals surface area contributed by atoms with Crippen LogP contribution in [-0.4, -0.2) is 22.7 Å². The second-order valence-electron chi connectivity index (χ2n) is 4.52. The minimum absolute atomic E-state index is 0.178. The highest BCUT2D eigenvalue weighted by atomic mass is 16.5. The average molecular weight is 287 g/mol. The van der Waals surface area contributed by atoms with Crippen molar-refractivity contribution < 1.29 is 9.53 Å². The standard InChI is InChI=1S/C15H17N3O3/c1-3-21-13-6-4-11(8-10(13)2)9-16-15(20)12-5-7-14(19)18-17-12/h4-8H,3,9H2,1-2H3,(H,16,20)(H,18,19). The molecular weight excluding hydrogens is 270 g/mol. The Kier molecular flexibility index (Phi) is 4.71. The summed E-state index contributed by atoms with van der Waals surface area (Å²) in [4.78, 5) is 22.7. The first-order chi connectivity index (χ1) is 10.1.